The number of ether oxygens (including phenoxy) is 2. The smallest absolute Gasteiger partial charge is 0.330 e. The van der Waals surface area contributed by atoms with Gasteiger partial charge in [0.2, 0.25) is 0 Å². The molecule has 7 heteroatoms. The number of hydrogen-bond acceptors (Lipinski definition) is 5. The molecule has 0 aliphatic carbocycles. The van der Waals surface area contributed by atoms with Gasteiger partial charge in [0, 0.05) is 7.11 Å². The maximum Gasteiger partial charge on any atom is 0.330 e. The van der Waals surface area contributed by atoms with Crippen LogP contribution in [0, 0.1) is 0 Å². The Labute approximate surface area is 197 Å². The third-order valence-corrected chi connectivity index (χ3v) is 6.16. The van der Waals surface area contributed by atoms with Gasteiger partial charge in [-0.25, -0.2) is 0 Å². The summed E-state index contributed by atoms with van der Waals surface area (Å²) in [4.78, 5) is 9.79. The Bertz CT molecular complexity index is 541. The van der Waals surface area contributed by atoms with E-state index in [-0.39, 0.29) is 6.10 Å². The van der Waals surface area contributed by atoms with E-state index in [0.717, 1.165) is 49.1 Å². The molecule has 1 N–H and O–H groups in total. The molecule has 0 bridgehead atoms. The third-order valence-electron chi connectivity index (χ3n) is 5.35. The number of unbranched alkanes of at least 4 members (excludes halogenated alkanes) is 6. The summed E-state index contributed by atoms with van der Waals surface area (Å²) in [5, 5.41) is 0. The third kappa shape index (κ3) is 17.8. The first-order chi connectivity index (χ1) is 15.4. The molecule has 1 aromatic carbocycles. The molecule has 1 aromatic rings. The van der Waals surface area contributed by atoms with E-state index < -0.39 is 8.60 Å². The minimum Gasteiger partial charge on any atom is -0.494 e. The van der Waals surface area contributed by atoms with Gasteiger partial charge in [0.1, 0.15) is 18.9 Å². The number of methoxy groups -OCH3 is 1. The molecule has 0 saturated carbocycles. The normalized spacial score (nSPS) is 13.8. The van der Waals surface area contributed by atoms with Crippen molar-refractivity contribution in [3.63, 3.8) is 0 Å². The van der Waals surface area contributed by atoms with Gasteiger partial charge in [-0.15, -0.1) is 0 Å². The molecular formula is C25H47NO5P+. The van der Waals surface area contributed by atoms with E-state index in [0.29, 0.717) is 13.2 Å². The molecule has 0 aliphatic rings. The summed E-state index contributed by atoms with van der Waals surface area (Å²) in [6, 6.07) is 10.0. The van der Waals surface area contributed by atoms with E-state index in [1.165, 1.54) is 38.5 Å². The number of nitrogens with zero attached hydrogens (tertiary/aromatic N) is 1. The lowest BCUT2D eigenvalue weighted by atomic mass is 10.0. The van der Waals surface area contributed by atoms with Crippen LogP contribution in [-0.2, 0) is 13.8 Å². The van der Waals surface area contributed by atoms with Crippen LogP contribution in [0.15, 0.2) is 30.3 Å². The summed E-state index contributed by atoms with van der Waals surface area (Å²) in [6.45, 7) is 2.68. The molecule has 0 amide bonds. The Morgan fingerprint density at radius 3 is 2.03 bits per heavy atom. The fourth-order valence-electron chi connectivity index (χ4n) is 3.33. The average molecular weight is 473 g/mol. The van der Waals surface area contributed by atoms with E-state index >= 15 is 0 Å². The average Bonchev–Trinajstić information content (AvgIpc) is 2.76. The Kier molecular flexibility index (Phi) is 17.1. The van der Waals surface area contributed by atoms with Crippen LogP contribution in [-0.4, -0.2) is 70.1 Å². The predicted molar refractivity (Wildman–Crippen MR) is 133 cm³/mol. The topological polar surface area (TPSA) is 57.2 Å². The molecule has 2 unspecified atom stereocenters. The highest BCUT2D eigenvalue weighted by atomic mass is 31.2. The first kappa shape index (κ1) is 29.3. The molecule has 0 fully saturated rings. The van der Waals surface area contributed by atoms with Crippen LogP contribution in [0.1, 0.15) is 64.2 Å². The first-order valence-corrected chi connectivity index (χ1v) is 13.3. The van der Waals surface area contributed by atoms with Crippen molar-refractivity contribution in [2.24, 2.45) is 0 Å². The molecule has 0 radical (unpaired) electrons. The first-order valence-electron chi connectivity index (χ1n) is 12.2. The van der Waals surface area contributed by atoms with Gasteiger partial charge in [-0.3, -0.25) is 0 Å². The lowest BCUT2D eigenvalue weighted by molar-refractivity contribution is -0.870. The highest BCUT2D eigenvalue weighted by molar-refractivity contribution is 7.40. The van der Waals surface area contributed by atoms with Crippen molar-refractivity contribution in [1.29, 1.82) is 0 Å². The second-order valence-corrected chi connectivity index (χ2v) is 10.3. The monoisotopic (exact) mass is 472 g/mol. The van der Waals surface area contributed by atoms with Crippen LogP contribution in [0.2, 0.25) is 0 Å². The lowest BCUT2D eigenvalue weighted by Gasteiger charge is -2.23. The SMILES string of the molecule is COC(CCCCCCCCCOc1ccccc1)CCCOP(O)OCC[N+](C)(C)C. The molecule has 0 heterocycles. The fraction of sp³-hybridized carbons (Fsp3) is 0.760. The van der Waals surface area contributed by atoms with Crippen molar-refractivity contribution in [3.8, 4) is 5.75 Å². The molecule has 2 atom stereocenters. The Morgan fingerprint density at radius 1 is 0.781 bits per heavy atom. The zero-order valence-electron chi connectivity index (χ0n) is 20.8. The van der Waals surface area contributed by atoms with Crippen LogP contribution in [0.4, 0.5) is 0 Å². The van der Waals surface area contributed by atoms with Gasteiger partial charge in [-0.05, 0) is 37.8 Å². The van der Waals surface area contributed by atoms with Gasteiger partial charge in [0.25, 0.3) is 0 Å². The summed E-state index contributed by atoms with van der Waals surface area (Å²) in [5.74, 6) is 0.965. The number of quaternary nitrogens is 1. The summed E-state index contributed by atoms with van der Waals surface area (Å²) in [5.41, 5.74) is 0. The number of rotatable bonds is 21. The fourth-order valence-corrected chi connectivity index (χ4v) is 3.93. The standard InChI is InChI=1S/C25H47NO5P/c1-26(2,3)20-23-31-32(27)30-22-15-19-24(28-4)16-11-8-6-5-7-9-14-21-29-25-17-12-10-13-18-25/h10,12-13,17-18,24,27H,5-9,11,14-16,19-23H2,1-4H3/q+1. The lowest BCUT2D eigenvalue weighted by Crippen LogP contribution is -2.37. The second-order valence-electron chi connectivity index (χ2n) is 9.34. The van der Waals surface area contributed by atoms with E-state index in [2.05, 4.69) is 21.1 Å². The number of likely N-dealkylation sites (N-methyl/N-ethyl adjacent to an activating group) is 1. The van der Waals surface area contributed by atoms with E-state index in [1.807, 2.05) is 30.3 Å². The largest absolute Gasteiger partial charge is 0.494 e. The molecule has 0 spiro atoms. The highest BCUT2D eigenvalue weighted by Gasteiger charge is 2.12. The highest BCUT2D eigenvalue weighted by Crippen LogP contribution is 2.32. The van der Waals surface area contributed by atoms with E-state index in [1.54, 1.807) is 7.11 Å². The van der Waals surface area contributed by atoms with Crippen molar-refractivity contribution in [2.45, 2.75) is 70.3 Å². The summed E-state index contributed by atoms with van der Waals surface area (Å²) < 4.78 is 22.9. The molecule has 0 aliphatic heterocycles. The summed E-state index contributed by atoms with van der Waals surface area (Å²) >= 11 is 0. The summed E-state index contributed by atoms with van der Waals surface area (Å²) in [7, 11) is 6.31. The molecule has 1 rings (SSSR count). The molecule has 186 valence electrons. The minimum absolute atomic E-state index is 0.276. The van der Waals surface area contributed by atoms with Gasteiger partial charge in [-0.1, -0.05) is 56.7 Å². The van der Waals surface area contributed by atoms with Gasteiger partial charge in [-0.2, -0.15) is 0 Å². The van der Waals surface area contributed by atoms with Crippen molar-refractivity contribution >= 4 is 8.60 Å². The van der Waals surface area contributed by atoms with Gasteiger partial charge in [0.05, 0.1) is 40.5 Å². The molecule has 0 aromatic heterocycles. The maximum atomic E-state index is 9.79. The van der Waals surface area contributed by atoms with Crippen molar-refractivity contribution in [1.82, 2.24) is 0 Å². The second kappa shape index (κ2) is 18.7. The molecular weight excluding hydrogens is 425 g/mol. The Hall–Kier alpha value is -0.750. The quantitative estimate of drug-likeness (QED) is 0.136. The van der Waals surface area contributed by atoms with Gasteiger partial charge >= 0.3 is 8.60 Å². The van der Waals surface area contributed by atoms with Crippen molar-refractivity contribution < 1.29 is 27.9 Å². The molecule has 0 saturated heterocycles. The Morgan fingerprint density at radius 2 is 1.38 bits per heavy atom. The minimum atomic E-state index is -1.76. The van der Waals surface area contributed by atoms with Crippen molar-refractivity contribution in [2.75, 3.05) is 54.6 Å². The zero-order valence-corrected chi connectivity index (χ0v) is 21.7. The molecule has 32 heavy (non-hydrogen) atoms. The number of hydrogen-bond donors (Lipinski definition) is 1. The van der Waals surface area contributed by atoms with Crippen LogP contribution < -0.4 is 4.74 Å². The van der Waals surface area contributed by atoms with E-state index in [4.69, 9.17) is 18.5 Å². The van der Waals surface area contributed by atoms with Gasteiger partial charge in [0.15, 0.2) is 0 Å². The zero-order chi connectivity index (χ0) is 23.5. The Balaban J connectivity index is 1.89. The van der Waals surface area contributed by atoms with Crippen LogP contribution in [0.3, 0.4) is 0 Å². The predicted octanol–water partition coefficient (Wildman–Crippen LogP) is 5.94. The van der Waals surface area contributed by atoms with Gasteiger partial charge < -0.3 is 27.9 Å². The van der Waals surface area contributed by atoms with E-state index in [9.17, 15) is 4.89 Å². The van der Waals surface area contributed by atoms with Crippen LogP contribution >= 0.6 is 8.60 Å². The number of benzene rings is 1. The van der Waals surface area contributed by atoms with Crippen LogP contribution in [0.5, 0.6) is 5.75 Å². The summed E-state index contributed by atoms with van der Waals surface area (Å²) in [6.07, 6.45) is 11.9. The maximum absolute atomic E-state index is 9.79. The van der Waals surface area contributed by atoms with Crippen LogP contribution in [0.25, 0.3) is 0 Å². The molecule has 6 nitrogen and oxygen atoms in total. The van der Waals surface area contributed by atoms with Crippen molar-refractivity contribution in [3.05, 3.63) is 30.3 Å². The number of para-hydroxylation sites is 1.